The van der Waals surface area contributed by atoms with Crippen LogP contribution in [0.1, 0.15) is 41.0 Å². The number of esters is 1. The quantitative estimate of drug-likeness (QED) is 0.561. The lowest BCUT2D eigenvalue weighted by Crippen LogP contribution is -2.50. The Morgan fingerprint density at radius 1 is 1.27 bits per heavy atom. The van der Waals surface area contributed by atoms with Gasteiger partial charge in [-0.2, -0.15) is 0 Å². The molecule has 1 aliphatic heterocycles. The second kappa shape index (κ2) is 8.43. The summed E-state index contributed by atoms with van der Waals surface area (Å²) in [6.07, 6.45) is 5.50. The molecule has 26 heavy (non-hydrogen) atoms. The Morgan fingerprint density at radius 3 is 2.27 bits per heavy atom. The molecule has 0 aromatic heterocycles. The van der Waals surface area contributed by atoms with Gasteiger partial charge in [0.1, 0.15) is 17.7 Å². The van der Waals surface area contributed by atoms with Crippen molar-refractivity contribution in [2.45, 2.75) is 58.7 Å². The van der Waals surface area contributed by atoms with Crippen LogP contribution in [-0.4, -0.2) is 66.2 Å². The number of ether oxygens (including phenoxy) is 2. The minimum atomic E-state index is -0.707. The molecule has 1 aliphatic rings. The fourth-order valence-electron chi connectivity index (χ4n) is 3.18. The molecule has 7 nitrogen and oxygen atoms in total. The van der Waals surface area contributed by atoms with Crippen LogP contribution in [0.25, 0.3) is 0 Å². The van der Waals surface area contributed by atoms with E-state index in [1.807, 2.05) is 13.8 Å². The fourth-order valence-corrected chi connectivity index (χ4v) is 3.18. The van der Waals surface area contributed by atoms with Crippen LogP contribution in [0.4, 0.5) is 4.79 Å². The molecule has 0 spiro atoms. The van der Waals surface area contributed by atoms with Gasteiger partial charge in [0.15, 0.2) is 0 Å². The van der Waals surface area contributed by atoms with Gasteiger partial charge in [-0.25, -0.2) is 9.59 Å². The molecule has 2 amide bonds. The van der Waals surface area contributed by atoms with Crippen molar-refractivity contribution in [3.8, 4) is 12.3 Å². The van der Waals surface area contributed by atoms with Crippen LogP contribution in [0, 0.1) is 24.2 Å². The third-order valence-corrected chi connectivity index (χ3v) is 4.35. The van der Waals surface area contributed by atoms with Crippen LogP contribution in [0.3, 0.4) is 0 Å². The Morgan fingerprint density at radius 2 is 1.85 bits per heavy atom. The highest BCUT2D eigenvalue weighted by Crippen LogP contribution is 2.29. The number of amides is 2. The number of likely N-dealkylation sites (tertiary alicyclic amines) is 1. The maximum atomic E-state index is 13.0. The van der Waals surface area contributed by atoms with E-state index in [1.165, 1.54) is 16.9 Å². The predicted octanol–water partition coefficient (Wildman–Crippen LogP) is 1.90. The Hall–Kier alpha value is -2.23. The van der Waals surface area contributed by atoms with E-state index in [0.29, 0.717) is 13.0 Å². The van der Waals surface area contributed by atoms with E-state index in [0.717, 1.165) is 0 Å². The van der Waals surface area contributed by atoms with E-state index in [9.17, 15) is 14.4 Å². The molecule has 0 aliphatic carbocycles. The highest BCUT2D eigenvalue weighted by atomic mass is 16.6. The van der Waals surface area contributed by atoms with E-state index in [2.05, 4.69) is 5.92 Å². The largest absolute Gasteiger partial charge is 0.467 e. The topological polar surface area (TPSA) is 76.2 Å². The first-order valence-electron chi connectivity index (χ1n) is 8.74. The smallest absolute Gasteiger partial charge is 0.411 e. The molecule has 1 fully saturated rings. The highest BCUT2D eigenvalue weighted by molar-refractivity contribution is 5.87. The minimum Gasteiger partial charge on any atom is -0.467 e. The summed E-state index contributed by atoms with van der Waals surface area (Å²) in [5.41, 5.74) is -0.650. The van der Waals surface area contributed by atoms with Gasteiger partial charge in [0.2, 0.25) is 5.91 Å². The standard InChI is InChI=1S/C19H30N2O5/c1-9-14-13(10-11-21(14)18(24)26-19(4,5)6)16(22)20(7)15(12(2)3)17(23)25-8/h1,12-15H,10-11H2,2-8H3/t13-,14+,15-/m0/s1. The van der Waals surface area contributed by atoms with Crippen molar-refractivity contribution in [2.75, 3.05) is 20.7 Å². The van der Waals surface area contributed by atoms with E-state index in [4.69, 9.17) is 15.9 Å². The summed E-state index contributed by atoms with van der Waals surface area (Å²) in [5, 5.41) is 0. The van der Waals surface area contributed by atoms with E-state index in [-0.39, 0.29) is 11.8 Å². The van der Waals surface area contributed by atoms with Gasteiger partial charge in [-0.3, -0.25) is 9.69 Å². The number of hydrogen-bond donors (Lipinski definition) is 0. The summed E-state index contributed by atoms with van der Waals surface area (Å²) in [6, 6.07) is -1.41. The lowest BCUT2D eigenvalue weighted by molar-refractivity contribution is -0.155. The number of carbonyl (C=O) groups excluding carboxylic acids is 3. The Kier molecular flexibility index (Phi) is 7.08. The van der Waals surface area contributed by atoms with E-state index < -0.39 is 35.7 Å². The Labute approximate surface area is 156 Å². The van der Waals surface area contributed by atoms with Crippen LogP contribution in [0.2, 0.25) is 0 Å². The average Bonchev–Trinajstić information content (AvgIpc) is 2.95. The van der Waals surface area contributed by atoms with Crippen LogP contribution in [-0.2, 0) is 19.1 Å². The SMILES string of the molecule is C#C[C@@H]1[C@@H](C(=O)N(C)[C@H](C(=O)OC)C(C)C)CCN1C(=O)OC(C)(C)C. The average molecular weight is 366 g/mol. The number of methoxy groups -OCH3 is 1. The van der Waals surface area contributed by atoms with Crippen molar-refractivity contribution in [2.24, 2.45) is 11.8 Å². The van der Waals surface area contributed by atoms with Gasteiger partial charge >= 0.3 is 12.1 Å². The maximum Gasteiger partial charge on any atom is 0.411 e. The van der Waals surface area contributed by atoms with Gasteiger partial charge in [0.05, 0.1) is 13.0 Å². The molecule has 0 saturated carbocycles. The molecular weight excluding hydrogens is 336 g/mol. The maximum absolute atomic E-state index is 13.0. The zero-order valence-electron chi connectivity index (χ0n) is 16.7. The highest BCUT2D eigenvalue weighted by Gasteiger charge is 2.44. The van der Waals surface area contributed by atoms with Crippen molar-refractivity contribution >= 4 is 18.0 Å². The fraction of sp³-hybridized carbons (Fsp3) is 0.737. The lowest BCUT2D eigenvalue weighted by atomic mass is 9.96. The monoisotopic (exact) mass is 366 g/mol. The molecule has 0 aromatic rings. The van der Waals surface area contributed by atoms with Gasteiger partial charge in [0.25, 0.3) is 0 Å². The summed E-state index contributed by atoms with van der Waals surface area (Å²) in [7, 11) is 2.85. The molecule has 0 aromatic carbocycles. The first kappa shape index (κ1) is 21.8. The van der Waals surface area contributed by atoms with Gasteiger partial charge in [-0.15, -0.1) is 6.42 Å². The third-order valence-electron chi connectivity index (χ3n) is 4.35. The molecule has 0 N–H and O–H groups in total. The minimum absolute atomic E-state index is 0.121. The Balaban J connectivity index is 2.98. The molecule has 1 saturated heterocycles. The van der Waals surface area contributed by atoms with Gasteiger partial charge in [-0.1, -0.05) is 19.8 Å². The number of nitrogens with zero attached hydrogens (tertiary/aromatic N) is 2. The lowest BCUT2D eigenvalue weighted by Gasteiger charge is -2.32. The second-order valence-electron chi connectivity index (χ2n) is 7.84. The van der Waals surface area contributed by atoms with Crippen molar-refractivity contribution in [1.82, 2.24) is 9.80 Å². The zero-order chi connectivity index (χ0) is 20.2. The predicted molar refractivity (Wildman–Crippen MR) is 97.1 cm³/mol. The van der Waals surface area contributed by atoms with Gasteiger partial charge < -0.3 is 14.4 Å². The van der Waals surface area contributed by atoms with Crippen molar-refractivity contribution < 1.29 is 23.9 Å². The third kappa shape index (κ3) is 4.90. The summed E-state index contributed by atoms with van der Waals surface area (Å²) in [4.78, 5) is 40.2. The number of carbonyl (C=O) groups is 3. The first-order valence-corrected chi connectivity index (χ1v) is 8.74. The number of likely N-dealkylation sites (N-methyl/N-ethyl adjacent to an activating group) is 1. The van der Waals surface area contributed by atoms with Crippen molar-refractivity contribution in [3.63, 3.8) is 0 Å². The summed E-state index contributed by atoms with van der Waals surface area (Å²) in [6.45, 7) is 9.32. The molecule has 0 bridgehead atoms. The van der Waals surface area contributed by atoms with Crippen molar-refractivity contribution in [1.29, 1.82) is 0 Å². The zero-order valence-corrected chi connectivity index (χ0v) is 16.7. The van der Waals surface area contributed by atoms with Crippen molar-refractivity contribution in [3.05, 3.63) is 0 Å². The molecule has 0 radical (unpaired) electrons. The first-order chi connectivity index (χ1) is 11.9. The van der Waals surface area contributed by atoms with Gasteiger partial charge in [0, 0.05) is 13.6 Å². The molecule has 1 rings (SSSR count). The summed E-state index contributed by atoms with van der Waals surface area (Å²) in [5.74, 6) is 1.09. The van der Waals surface area contributed by atoms with Gasteiger partial charge in [-0.05, 0) is 33.1 Å². The van der Waals surface area contributed by atoms with Crippen LogP contribution in [0.5, 0.6) is 0 Å². The van der Waals surface area contributed by atoms with Crippen LogP contribution >= 0.6 is 0 Å². The second-order valence-corrected chi connectivity index (χ2v) is 7.84. The summed E-state index contributed by atoms with van der Waals surface area (Å²) < 4.78 is 10.2. The molecule has 3 atom stereocenters. The number of rotatable bonds is 4. The number of terminal acetylenes is 1. The molecular formula is C19H30N2O5. The molecule has 0 unspecified atom stereocenters. The molecule has 146 valence electrons. The Bertz CT molecular complexity index is 588. The van der Waals surface area contributed by atoms with E-state index >= 15 is 0 Å². The van der Waals surface area contributed by atoms with Crippen LogP contribution < -0.4 is 0 Å². The number of hydrogen-bond acceptors (Lipinski definition) is 5. The summed E-state index contributed by atoms with van der Waals surface area (Å²) >= 11 is 0. The molecule has 7 heteroatoms. The molecule has 1 heterocycles. The van der Waals surface area contributed by atoms with Crippen LogP contribution in [0.15, 0.2) is 0 Å². The normalized spacial score (nSPS) is 21.1. The van der Waals surface area contributed by atoms with E-state index in [1.54, 1.807) is 27.8 Å².